The summed E-state index contributed by atoms with van der Waals surface area (Å²) in [4.78, 5) is 31.8. The molecule has 4 atom stereocenters. The normalized spacial score (nSPS) is 17.2. The monoisotopic (exact) mass is 265 g/mol. The molecule has 0 fully saturated rings. The van der Waals surface area contributed by atoms with Gasteiger partial charge in [-0.3, -0.25) is 0 Å². The lowest BCUT2D eigenvalue weighted by Crippen LogP contribution is -2.54. The van der Waals surface area contributed by atoms with Crippen LogP contribution < -0.4 is 5.32 Å². The molecule has 0 aromatic rings. The molecule has 104 valence electrons. The molecule has 18 heavy (non-hydrogen) atoms. The number of aliphatic hydroxyl groups excluding tert-OH is 4. The zero-order chi connectivity index (χ0) is 14.3. The third-order valence-corrected chi connectivity index (χ3v) is 2.15. The van der Waals surface area contributed by atoms with Crippen molar-refractivity contribution in [1.29, 1.82) is 0 Å². The summed E-state index contributed by atoms with van der Waals surface area (Å²) in [5, 5.41) is 40.9. The quantitative estimate of drug-likeness (QED) is 0.186. The Bertz CT molecular complexity index is 300. The van der Waals surface area contributed by atoms with Gasteiger partial charge >= 0.3 is 6.03 Å². The Hall–Kier alpha value is -1.62. The molecule has 0 saturated carbocycles. The van der Waals surface area contributed by atoms with Crippen molar-refractivity contribution in [2.24, 2.45) is 5.29 Å². The van der Waals surface area contributed by atoms with Gasteiger partial charge in [0.15, 0.2) is 0 Å². The molecule has 5 N–H and O–H groups in total. The molecule has 0 radical (unpaired) electrons. The molecule has 2 amide bonds. The molecule has 0 aliphatic heterocycles. The van der Waals surface area contributed by atoms with Gasteiger partial charge in [0.2, 0.25) is 0 Å². The van der Waals surface area contributed by atoms with E-state index in [0.717, 1.165) is 7.05 Å². The summed E-state index contributed by atoms with van der Waals surface area (Å²) in [7, 11) is 1.01. The van der Waals surface area contributed by atoms with E-state index < -0.39 is 37.0 Å². The Morgan fingerprint density at radius 1 is 1.39 bits per heavy atom. The molecule has 10 nitrogen and oxygen atoms in total. The first-order valence-corrected chi connectivity index (χ1v) is 4.86. The summed E-state index contributed by atoms with van der Waals surface area (Å²) in [6.45, 7) is -0.840. The van der Waals surface area contributed by atoms with E-state index >= 15 is 0 Å². The maximum atomic E-state index is 11.2. The lowest BCUT2D eigenvalue weighted by atomic mass is 10.0. The molecule has 0 rings (SSSR count). The van der Waals surface area contributed by atoms with Crippen LogP contribution >= 0.6 is 0 Å². The number of aliphatic hydroxyl groups is 4. The highest BCUT2D eigenvalue weighted by molar-refractivity contribution is 5.77. The highest BCUT2D eigenvalue weighted by atomic mass is 16.4. The zero-order valence-electron chi connectivity index (χ0n) is 9.50. The summed E-state index contributed by atoms with van der Waals surface area (Å²) < 4.78 is 0. The highest BCUT2D eigenvalue weighted by Gasteiger charge is 2.32. The van der Waals surface area contributed by atoms with Crippen molar-refractivity contribution >= 4 is 12.3 Å². The van der Waals surface area contributed by atoms with Gasteiger partial charge in [0.25, 0.3) is 0 Å². The van der Waals surface area contributed by atoms with Gasteiger partial charge in [-0.2, -0.15) is 5.01 Å². The third kappa shape index (κ3) is 4.33. The van der Waals surface area contributed by atoms with E-state index in [2.05, 4.69) is 5.29 Å². The largest absolute Gasteiger partial charge is 0.394 e. The molecule has 0 aliphatic rings. The molecule has 0 aromatic carbocycles. The number of urea groups is 1. The van der Waals surface area contributed by atoms with Crippen molar-refractivity contribution in [1.82, 2.24) is 10.3 Å². The van der Waals surface area contributed by atoms with Gasteiger partial charge in [0, 0.05) is 7.05 Å². The van der Waals surface area contributed by atoms with Crippen molar-refractivity contribution < 1.29 is 30.0 Å². The minimum atomic E-state index is -1.85. The third-order valence-electron chi connectivity index (χ3n) is 2.15. The molecule has 0 spiro atoms. The molecular weight excluding hydrogens is 250 g/mol. The fraction of sp³-hybridized carbons (Fsp3) is 0.750. The van der Waals surface area contributed by atoms with E-state index in [4.69, 9.17) is 10.2 Å². The van der Waals surface area contributed by atoms with Gasteiger partial charge in [-0.1, -0.05) is 0 Å². The number of hydrogen-bond donors (Lipinski definition) is 5. The predicted octanol–water partition coefficient (Wildman–Crippen LogP) is -3.05. The van der Waals surface area contributed by atoms with E-state index in [1.54, 1.807) is 0 Å². The lowest BCUT2D eigenvalue weighted by Gasteiger charge is -2.26. The van der Waals surface area contributed by atoms with Crippen LogP contribution in [0.5, 0.6) is 0 Å². The van der Waals surface area contributed by atoms with E-state index in [1.807, 2.05) is 5.32 Å². The van der Waals surface area contributed by atoms with Crippen LogP contribution in [-0.4, -0.2) is 75.8 Å². The molecule has 0 unspecified atom stereocenters. The number of nitrogens with one attached hydrogen (secondary N) is 1. The first-order chi connectivity index (χ1) is 8.38. The summed E-state index contributed by atoms with van der Waals surface area (Å²) in [6.07, 6.45) is -5.27. The van der Waals surface area contributed by atoms with Gasteiger partial charge in [-0.05, 0) is 0 Å². The van der Waals surface area contributed by atoms with Crippen molar-refractivity contribution in [2.45, 2.75) is 24.4 Å². The maximum absolute atomic E-state index is 11.2. The minimum absolute atomic E-state index is 0.106. The van der Waals surface area contributed by atoms with Crippen molar-refractivity contribution in [3.8, 4) is 0 Å². The summed E-state index contributed by atoms with van der Waals surface area (Å²) >= 11 is 0. The zero-order valence-corrected chi connectivity index (χ0v) is 9.50. The minimum Gasteiger partial charge on any atom is -0.394 e. The molecule has 0 aromatic heterocycles. The van der Waals surface area contributed by atoms with Crippen molar-refractivity contribution in [3.05, 3.63) is 4.91 Å². The molecule has 0 heterocycles. The van der Waals surface area contributed by atoms with Crippen LogP contribution in [0.25, 0.3) is 0 Å². The molecular formula is C8H15N3O7. The van der Waals surface area contributed by atoms with Gasteiger partial charge < -0.3 is 30.5 Å². The van der Waals surface area contributed by atoms with Crippen LogP contribution in [0.15, 0.2) is 5.29 Å². The summed E-state index contributed by atoms with van der Waals surface area (Å²) in [5.74, 6) is 0. The van der Waals surface area contributed by atoms with Crippen molar-refractivity contribution in [2.75, 3.05) is 13.7 Å². The van der Waals surface area contributed by atoms with E-state index in [0.29, 0.717) is 5.01 Å². The Labute approximate surface area is 102 Å². The van der Waals surface area contributed by atoms with E-state index in [1.165, 1.54) is 0 Å². The second kappa shape index (κ2) is 7.66. The molecule has 0 saturated heterocycles. The standard InChI is InChI=1S/C8H15N3O7/c1-11(10-18)8(17)9-4(2-12)6(15)7(16)5(14)3-13/h2,4-7,13-16H,3H2,1H3,(H,9,17)/t4-,5-,6+,7+/m1/s1. The number of nitroso groups, excluding NO2 is 1. The first-order valence-electron chi connectivity index (χ1n) is 4.86. The van der Waals surface area contributed by atoms with Crippen LogP contribution in [0.2, 0.25) is 0 Å². The summed E-state index contributed by atoms with van der Waals surface area (Å²) in [6, 6.07) is -2.65. The van der Waals surface area contributed by atoms with Crippen LogP contribution in [0, 0.1) is 4.91 Å². The number of nitrogens with zero attached hydrogens (tertiary/aromatic N) is 2. The van der Waals surface area contributed by atoms with Crippen LogP contribution in [0.3, 0.4) is 0 Å². The molecule has 10 heteroatoms. The van der Waals surface area contributed by atoms with Gasteiger partial charge in [-0.15, -0.1) is 4.91 Å². The molecule has 0 aliphatic carbocycles. The number of aldehydes is 1. The average molecular weight is 265 g/mol. The highest BCUT2D eigenvalue weighted by Crippen LogP contribution is 2.04. The SMILES string of the molecule is CN(N=O)C(=O)N[C@H](C=O)[C@H](O)[C@@H](O)[C@H](O)CO. The number of carbonyl (C=O) groups is 2. The molecule has 0 bridgehead atoms. The Balaban J connectivity index is 4.62. The van der Waals surface area contributed by atoms with E-state index in [-0.39, 0.29) is 6.29 Å². The first kappa shape index (κ1) is 16.4. The number of amides is 2. The topological polar surface area (TPSA) is 160 Å². The van der Waals surface area contributed by atoms with Gasteiger partial charge in [-0.25, -0.2) is 4.79 Å². The fourth-order valence-corrected chi connectivity index (χ4v) is 1.02. The fourth-order valence-electron chi connectivity index (χ4n) is 1.02. The van der Waals surface area contributed by atoms with Crippen molar-refractivity contribution in [3.63, 3.8) is 0 Å². The number of rotatable bonds is 7. The van der Waals surface area contributed by atoms with Crippen LogP contribution in [0.1, 0.15) is 0 Å². The Morgan fingerprint density at radius 2 is 1.94 bits per heavy atom. The van der Waals surface area contributed by atoms with Gasteiger partial charge in [0.1, 0.15) is 30.6 Å². The second-order valence-corrected chi connectivity index (χ2v) is 3.45. The predicted molar refractivity (Wildman–Crippen MR) is 57.0 cm³/mol. The number of hydrogen-bond acceptors (Lipinski definition) is 8. The second-order valence-electron chi connectivity index (χ2n) is 3.45. The average Bonchev–Trinajstić information content (AvgIpc) is 2.40. The van der Waals surface area contributed by atoms with Crippen LogP contribution in [-0.2, 0) is 4.79 Å². The van der Waals surface area contributed by atoms with Gasteiger partial charge in [0.05, 0.1) is 11.9 Å². The Kier molecular flexibility index (Phi) is 6.97. The smallest absolute Gasteiger partial charge is 0.340 e. The number of carbonyl (C=O) groups excluding carboxylic acids is 2. The van der Waals surface area contributed by atoms with Crippen LogP contribution in [0.4, 0.5) is 4.79 Å². The maximum Gasteiger partial charge on any atom is 0.340 e. The Morgan fingerprint density at radius 3 is 2.33 bits per heavy atom. The summed E-state index contributed by atoms with van der Waals surface area (Å²) in [5.41, 5.74) is 0. The van der Waals surface area contributed by atoms with E-state index in [9.17, 15) is 24.7 Å². The lowest BCUT2D eigenvalue weighted by molar-refractivity contribution is -0.119.